The van der Waals surface area contributed by atoms with Crippen LogP contribution in [0, 0.1) is 0 Å². The summed E-state index contributed by atoms with van der Waals surface area (Å²) in [5, 5.41) is 7.39. The summed E-state index contributed by atoms with van der Waals surface area (Å²) in [5.74, 6) is 1.28. The number of nitrogens with zero attached hydrogens (tertiary/aromatic N) is 4. The number of aromatic nitrogens is 2. The minimum Gasteiger partial charge on any atom is -0.339 e. The Labute approximate surface area is 145 Å². The lowest BCUT2D eigenvalue weighted by Crippen LogP contribution is -2.44. The number of halogens is 4. The standard InChI is InChI=1S/C14H22F3N5O.ClH/c1-21-7-4-18-8-11(21)12-19-13(23-20-12)10-2-5-22(6-3-10)9-14(15,16)17;/h10-11,18H,2-9H2,1H3;1H. The van der Waals surface area contributed by atoms with Crippen LogP contribution in [0.1, 0.15) is 36.5 Å². The van der Waals surface area contributed by atoms with E-state index in [2.05, 4.69) is 20.4 Å². The highest BCUT2D eigenvalue weighted by Gasteiger charge is 2.34. The first-order valence-corrected chi connectivity index (χ1v) is 7.96. The van der Waals surface area contributed by atoms with Crippen molar-refractivity contribution in [2.24, 2.45) is 0 Å². The fourth-order valence-corrected chi connectivity index (χ4v) is 3.23. The number of alkyl halides is 3. The molecule has 3 rings (SSSR count). The lowest BCUT2D eigenvalue weighted by Gasteiger charge is -2.31. The van der Waals surface area contributed by atoms with Crippen LogP contribution in [-0.2, 0) is 0 Å². The average Bonchev–Trinajstić information content (AvgIpc) is 2.96. The van der Waals surface area contributed by atoms with Crippen LogP contribution in [0.4, 0.5) is 13.2 Å². The Hall–Kier alpha value is -0.900. The lowest BCUT2D eigenvalue weighted by atomic mass is 9.97. The second kappa shape index (κ2) is 7.99. The summed E-state index contributed by atoms with van der Waals surface area (Å²) in [6.07, 6.45) is -2.89. The van der Waals surface area contributed by atoms with Gasteiger partial charge < -0.3 is 9.84 Å². The molecule has 1 aromatic heterocycles. The molecular weight excluding hydrogens is 347 g/mol. The van der Waals surface area contributed by atoms with E-state index in [1.807, 2.05) is 7.05 Å². The number of piperidine rings is 1. The van der Waals surface area contributed by atoms with Crippen molar-refractivity contribution in [2.75, 3.05) is 46.3 Å². The van der Waals surface area contributed by atoms with Crippen molar-refractivity contribution in [3.63, 3.8) is 0 Å². The van der Waals surface area contributed by atoms with Crippen molar-refractivity contribution in [1.82, 2.24) is 25.3 Å². The van der Waals surface area contributed by atoms with E-state index in [1.165, 1.54) is 4.90 Å². The zero-order chi connectivity index (χ0) is 16.4. The third kappa shape index (κ3) is 4.81. The second-order valence-corrected chi connectivity index (χ2v) is 6.36. The summed E-state index contributed by atoms with van der Waals surface area (Å²) in [4.78, 5) is 8.12. The molecule has 24 heavy (non-hydrogen) atoms. The van der Waals surface area contributed by atoms with Crippen LogP contribution in [0.2, 0.25) is 0 Å². The molecule has 0 radical (unpaired) electrons. The largest absolute Gasteiger partial charge is 0.401 e. The van der Waals surface area contributed by atoms with Crippen LogP contribution in [-0.4, -0.2) is 72.4 Å². The molecule has 1 atom stereocenters. The first kappa shape index (κ1) is 19.4. The fraction of sp³-hybridized carbons (Fsp3) is 0.857. The Morgan fingerprint density at radius 2 is 1.96 bits per heavy atom. The first-order chi connectivity index (χ1) is 10.9. The second-order valence-electron chi connectivity index (χ2n) is 6.36. The van der Waals surface area contributed by atoms with E-state index < -0.39 is 12.7 Å². The van der Waals surface area contributed by atoms with Crippen LogP contribution in [0.25, 0.3) is 0 Å². The molecule has 1 aromatic rings. The number of likely N-dealkylation sites (tertiary alicyclic amines) is 1. The van der Waals surface area contributed by atoms with E-state index in [9.17, 15) is 13.2 Å². The molecular formula is C14H23ClF3N5O. The maximum Gasteiger partial charge on any atom is 0.401 e. The summed E-state index contributed by atoms with van der Waals surface area (Å²) in [6, 6.07) is 0.0894. The summed E-state index contributed by atoms with van der Waals surface area (Å²) < 4.78 is 42.6. The zero-order valence-corrected chi connectivity index (χ0v) is 14.4. The first-order valence-electron chi connectivity index (χ1n) is 7.96. The molecule has 0 saturated carbocycles. The topological polar surface area (TPSA) is 57.4 Å². The van der Waals surface area contributed by atoms with Crippen molar-refractivity contribution in [1.29, 1.82) is 0 Å². The number of rotatable bonds is 3. The smallest absolute Gasteiger partial charge is 0.339 e. The number of nitrogens with one attached hydrogen (secondary N) is 1. The molecule has 0 aromatic carbocycles. The van der Waals surface area contributed by atoms with Crippen molar-refractivity contribution in [2.45, 2.75) is 31.0 Å². The maximum absolute atomic E-state index is 12.4. The minimum absolute atomic E-state index is 0. The normalized spacial score (nSPS) is 24.8. The average molecular weight is 370 g/mol. The Kier molecular flexibility index (Phi) is 6.46. The van der Waals surface area contributed by atoms with Crippen molar-refractivity contribution in [3.05, 3.63) is 11.7 Å². The number of piperazine rings is 1. The highest BCUT2D eigenvalue weighted by molar-refractivity contribution is 5.85. The van der Waals surface area contributed by atoms with Gasteiger partial charge in [-0.3, -0.25) is 9.80 Å². The van der Waals surface area contributed by atoms with E-state index >= 15 is 0 Å². The van der Waals surface area contributed by atoms with Crippen LogP contribution < -0.4 is 5.32 Å². The van der Waals surface area contributed by atoms with Gasteiger partial charge in [-0.15, -0.1) is 12.4 Å². The van der Waals surface area contributed by atoms with Gasteiger partial charge in [0, 0.05) is 25.6 Å². The molecule has 6 nitrogen and oxygen atoms in total. The third-order valence-corrected chi connectivity index (χ3v) is 4.61. The third-order valence-electron chi connectivity index (χ3n) is 4.61. The van der Waals surface area contributed by atoms with Gasteiger partial charge in [-0.2, -0.15) is 18.2 Å². The van der Waals surface area contributed by atoms with Gasteiger partial charge in [0.1, 0.15) is 0 Å². The number of hydrogen-bond acceptors (Lipinski definition) is 6. The highest BCUT2D eigenvalue weighted by Crippen LogP contribution is 2.29. The van der Waals surface area contributed by atoms with Gasteiger partial charge >= 0.3 is 6.18 Å². The summed E-state index contributed by atoms with van der Waals surface area (Å²) in [5.41, 5.74) is 0. The van der Waals surface area contributed by atoms with E-state index in [0.717, 1.165) is 19.6 Å². The molecule has 138 valence electrons. The van der Waals surface area contributed by atoms with E-state index in [-0.39, 0.29) is 24.4 Å². The Morgan fingerprint density at radius 3 is 2.58 bits per heavy atom. The Balaban J connectivity index is 0.00000208. The SMILES string of the molecule is CN1CCNCC1c1noc(C2CCN(CC(F)(F)F)CC2)n1.Cl. The van der Waals surface area contributed by atoms with E-state index in [4.69, 9.17) is 4.52 Å². The molecule has 1 N–H and O–H groups in total. The van der Waals surface area contributed by atoms with Gasteiger partial charge in [0.2, 0.25) is 5.89 Å². The van der Waals surface area contributed by atoms with Gasteiger partial charge in [0.05, 0.1) is 12.6 Å². The van der Waals surface area contributed by atoms with Gasteiger partial charge in [0.25, 0.3) is 0 Å². The Morgan fingerprint density at radius 1 is 1.25 bits per heavy atom. The van der Waals surface area contributed by atoms with Crippen LogP contribution in [0.5, 0.6) is 0 Å². The lowest BCUT2D eigenvalue weighted by molar-refractivity contribution is -0.148. The Bertz CT molecular complexity index is 519. The van der Waals surface area contributed by atoms with Crippen LogP contribution in [0.15, 0.2) is 4.52 Å². The summed E-state index contributed by atoms with van der Waals surface area (Å²) >= 11 is 0. The molecule has 0 spiro atoms. The molecule has 0 bridgehead atoms. The molecule has 3 heterocycles. The maximum atomic E-state index is 12.4. The fourth-order valence-electron chi connectivity index (χ4n) is 3.23. The van der Waals surface area contributed by atoms with E-state index in [0.29, 0.717) is 37.6 Å². The molecule has 2 aliphatic rings. The van der Waals surface area contributed by atoms with Gasteiger partial charge in [-0.05, 0) is 33.0 Å². The van der Waals surface area contributed by atoms with Crippen molar-refractivity contribution >= 4 is 12.4 Å². The minimum atomic E-state index is -4.14. The molecule has 1 unspecified atom stereocenters. The predicted octanol–water partition coefficient (Wildman–Crippen LogP) is 1.81. The van der Waals surface area contributed by atoms with E-state index in [1.54, 1.807) is 0 Å². The summed E-state index contributed by atoms with van der Waals surface area (Å²) in [6.45, 7) is 2.62. The predicted molar refractivity (Wildman–Crippen MR) is 84.3 cm³/mol. The monoisotopic (exact) mass is 369 g/mol. The number of hydrogen-bond donors (Lipinski definition) is 1. The molecule has 0 aliphatic carbocycles. The van der Waals surface area contributed by atoms with Crippen LogP contribution in [0.3, 0.4) is 0 Å². The van der Waals surface area contributed by atoms with Gasteiger partial charge in [-0.25, -0.2) is 0 Å². The summed E-state index contributed by atoms with van der Waals surface area (Å²) in [7, 11) is 2.02. The molecule has 2 aliphatic heterocycles. The van der Waals surface area contributed by atoms with Gasteiger partial charge in [0.15, 0.2) is 5.82 Å². The van der Waals surface area contributed by atoms with Crippen molar-refractivity contribution in [3.8, 4) is 0 Å². The van der Waals surface area contributed by atoms with Crippen LogP contribution >= 0.6 is 12.4 Å². The molecule has 2 saturated heterocycles. The molecule has 0 amide bonds. The molecule has 10 heteroatoms. The highest BCUT2D eigenvalue weighted by atomic mass is 35.5. The quantitative estimate of drug-likeness (QED) is 0.877. The number of likely N-dealkylation sites (N-methyl/N-ethyl adjacent to an activating group) is 1. The molecule has 2 fully saturated rings. The van der Waals surface area contributed by atoms with Gasteiger partial charge in [-0.1, -0.05) is 5.16 Å². The van der Waals surface area contributed by atoms with Crippen molar-refractivity contribution < 1.29 is 17.7 Å². The zero-order valence-electron chi connectivity index (χ0n) is 13.6.